The van der Waals surface area contributed by atoms with E-state index in [0.29, 0.717) is 12.8 Å². The zero-order valence-corrected chi connectivity index (χ0v) is 9.04. The maximum absolute atomic E-state index is 10.8. The van der Waals surface area contributed by atoms with Gasteiger partial charge in [-0.2, -0.15) is 0 Å². The van der Waals surface area contributed by atoms with E-state index < -0.39 is 0 Å². The third-order valence-corrected chi connectivity index (χ3v) is 2.45. The second-order valence-corrected chi connectivity index (χ2v) is 3.96. The zero-order valence-electron chi connectivity index (χ0n) is 9.04. The van der Waals surface area contributed by atoms with E-state index in [0.717, 1.165) is 16.7 Å². The summed E-state index contributed by atoms with van der Waals surface area (Å²) in [4.78, 5) is 10.8. The molecule has 0 unspecified atom stereocenters. The lowest BCUT2D eigenvalue weighted by molar-refractivity contribution is -0.117. The number of rotatable bonds is 3. The molecule has 0 saturated heterocycles. The zero-order chi connectivity index (χ0) is 10.8. The molecule has 1 aromatic heterocycles. The van der Waals surface area contributed by atoms with Crippen molar-refractivity contribution in [3.63, 3.8) is 0 Å². The Balaban J connectivity index is 2.27. The highest BCUT2D eigenvalue weighted by molar-refractivity contribution is 5.79. The normalized spacial score (nSPS) is 10.8. The number of carbonyl (C=O) groups is 1. The second-order valence-electron chi connectivity index (χ2n) is 3.96. The van der Waals surface area contributed by atoms with Crippen molar-refractivity contribution in [3.8, 4) is 0 Å². The first kappa shape index (κ1) is 9.97. The summed E-state index contributed by atoms with van der Waals surface area (Å²) in [6.07, 6.45) is 1.25. The van der Waals surface area contributed by atoms with Gasteiger partial charge in [-0.15, -0.1) is 0 Å². The molecule has 0 N–H and O–H groups in total. The first-order valence-corrected chi connectivity index (χ1v) is 5.13. The van der Waals surface area contributed by atoms with Crippen molar-refractivity contribution in [3.05, 3.63) is 35.6 Å². The predicted molar refractivity (Wildman–Crippen MR) is 60.0 cm³/mol. The molecule has 0 fully saturated rings. The Labute approximate surface area is 88.9 Å². The summed E-state index contributed by atoms with van der Waals surface area (Å²) in [6.45, 7) is 3.66. The van der Waals surface area contributed by atoms with Crippen LogP contribution in [0.3, 0.4) is 0 Å². The van der Waals surface area contributed by atoms with Gasteiger partial charge in [0.2, 0.25) is 0 Å². The molecule has 0 atom stereocenters. The van der Waals surface area contributed by atoms with Crippen molar-refractivity contribution < 1.29 is 9.21 Å². The van der Waals surface area contributed by atoms with Crippen LogP contribution in [-0.2, 0) is 11.2 Å². The van der Waals surface area contributed by atoms with Crippen LogP contribution < -0.4 is 0 Å². The lowest BCUT2D eigenvalue weighted by Gasteiger charge is -1.91. The van der Waals surface area contributed by atoms with Crippen LogP contribution in [-0.4, -0.2) is 5.78 Å². The van der Waals surface area contributed by atoms with Crippen molar-refractivity contribution >= 4 is 16.8 Å². The summed E-state index contributed by atoms with van der Waals surface area (Å²) in [5.74, 6) is 1.09. The summed E-state index contributed by atoms with van der Waals surface area (Å²) in [5.41, 5.74) is 2.13. The second kappa shape index (κ2) is 3.89. The maximum Gasteiger partial charge on any atom is 0.134 e. The van der Waals surface area contributed by atoms with Crippen molar-refractivity contribution in [1.82, 2.24) is 0 Å². The third kappa shape index (κ3) is 2.27. The number of furan rings is 1. The molecule has 2 aromatic rings. The van der Waals surface area contributed by atoms with E-state index in [1.165, 1.54) is 5.56 Å². The molecule has 78 valence electrons. The predicted octanol–water partition coefficient (Wildman–Crippen LogP) is 3.26. The molecule has 0 amide bonds. The molecule has 0 aliphatic rings. The van der Waals surface area contributed by atoms with E-state index >= 15 is 0 Å². The molecule has 0 saturated carbocycles. The van der Waals surface area contributed by atoms with Crippen LogP contribution >= 0.6 is 0 Å². The van der Waals surface area contributed by atoms with Crippen LogP contribution in [0.15, 0.2) is 28.7 Å². The van der Waals surface area contributed by atoms with Gasteiger partial charge in [-0.05, 0) is 32.0 Å². The number of fused-ring (bicyclic) bond motifs is 1. The minimum Gasteiger partial charge on any atom is -0.461 e. The Bertz CT molecular complexity index is 494. The van der Waals surface area contributed by atoms with Gasteiger partial charge in [-0.1, -0.05) is 11.6 Å². The van der Waals surface area contributed by atoms with Gasteiger partial charge in [0, 0.05) is 18.2 Å². The Morgan fingerprint density at radius 1 is 1.33 bits per heavy atom. The SMILES string of the molecule is CC(=O)CCc1cc2cc(C)ccc2o1. The van der Waals surface area contributed by atoms with Gasteiger partial charge >= 0.3 is 0 Å². The fourth-order valence-corrected chi connectivity index (χ4v) is 1.64. The molecule has 2 rings (SSSR count). The van der Waals surface area contributed by atoms with E-state index in [4.69, 9.17) is 4.42 Å². The quantitative estimate of drug-likeness (QED) is 0.764. The largest absolute Gasteiger partial charge is 0.461 e. The molecule has 2 heteroatoms. The fourth-order valence-electron chi connectivity index (χ4n) is 1.64. The van der Waals surface area contributed by atoms with Gasteiger partial charge in [-0.25, -0.2) is 0 Å². The molecule has 15 heavy (non-hydrogen) atoms. The molecule has 2 nitrogen and oxygen atoms in total. The van der Waals surface area contributed by atoms with Crippen molar-refractivity contribution in [2.24, 2.45) is 0 Å². The highest BCUT2D eigenvalue weighted by Crippen LogP contribution is 2.21. The lowest BCUT2D eigenvalue weighted by atomic mass is 10.1. The summed E-state index contributed by atoms with van der Waals surface area (Å²) in [6, 6.07) is 8.11. The van der Waals surface area contributed by atoms with Gasteiger partial charge < -0.3 is 9.21 Å². The highest BCUT2D eigenvalue weighted by atomic mass is 16.3. The van der Waals surface area contributed by atoms with E-state index in [2.05, 4.69) is 13.0 Å². The van der Waals surface area contributed by atoms with Crippen LogP contribution in [0, 0.1) is 6.92 Å². The molecular weight excluding hydrogens is 188 g/mol. The van der Waals surface area contributed by atoms with Gasteiger partial charge in [0.15, 0.2) is 0 Å². The Kier molecular flexibility index (Phi) is 2.58. The number of hydrogen-bond acceptors (Lipinski definition) is 2. The average molecular weight is 202 g/mol. The Hall–Kier alpha value is -1.57. The van der Waals surface area contributed by atoms with Crippen molar-refractivity contribution in [2.45, 2.75) is 26.7 Å². The van der Waals surface area contributed by atoms with E-state index in [1.54, 1.807) is 6.92 Å². The number of Topliss-reactive ketones (excluding diaryl/α,β-unsaturated/α-hetero) is 1. The lowest BCUT2D eigenvalue weighted by Crippen LogP contribution is -1.91. The van der Waals surface area contributed by atoms with Crippen LogP contribution in [0.25, 0.3) is 11.0 Å². The average Bonchev–Trinajstić information content (AvgIpc) is 2.56. The monoisotopic (exact) mass is 202 g/mol. The van der Waals surface area contributed by atoms with Gasteiger partial charge in [0.1, 0.15) is 17.1 Å². The molecule has 1 aromatic carbocycles. The number of hydrogen-bond donors (Lipinski definition) is 0. The smallest absolute Gasteiger partial charge is 0.134 e. The first-order valence-electron chi connectivity index (χ1n) is 5.13. The van der Waals surface area contributed by atoms with Crippen LogP contribution in [0.1, 0.15) is 24.7 Å². The van der Waals surface area contributed by atoms with Gasteiger partial charge in [0.25, 0.3) is 0 Å². The number of benzene rings is 1. The summed E-state index contributed by atoms with van der Waals surface area (Å²) in [5, 5.41) is 1.12. The van der Waals surface area contributed by atoms with Crippen LogP contribution in [0.4, 0.5) is 0 Å². The van der Waals surface area contributed by atoms with Crippen LogP contribution in [0.2, 0.25) is 0 Å². The summed E-state index contributed by atoms with van der Waals surface area (Å²) >= 11 is 0. The topological polar surface area (TPSA) is 30.2 Å². The van der Waals surface area contributed by atoms with Crippen LogP contribution in [0.5, 0.6) is 0 Å². The summed E-state index contributed by atoms with van der Waals surface area (Å²) in [7, 11) is 0. The van der Waals surface area contributed by atoms with Crippen molar-refractivity contribution in [1.29, 1.82) is 0 Å². The molecule has 1 heterocycles. The van der Waals surface area contributed by atoms with Crippen molar-refractivity contribution in [2.75, 3.05) is 0 Å². The van der Waals surface area contributed by atoms with Gasteiger partial charge in [-0.3, -0.25) is 0 Å². The third-order valence-electron chi connectivity index (χ3n) is 2.45. The fraction of sp³-hybridized carbons (Fsp3) is 0.308. The van der Waals surface area contributed by atoms with E-state index in [-0.39, 0.29) is 5.78 Å². The maximum atomic E-state index is 10.8. The van der Waals surface area contributed by atoms with E-state index in [9.17, 15) is 4.79 Å². The standard InChI is InChI=1S/C13H14O2/c1-9-3-6-13-11(7-9)8-12(15-13)5-4-10(2)14/h3,6-8H,4-5H2,1-2H3. The summed E-state index contributed by atoms with van der Waals surface area (Å²) < 4.78 is 5.62. The first-order chi connectivity index (χ1) is 7.15. The number of ketones is 1. The Morgan fingerprint density at radius 2 is 2.13 bits per heavy atom. The molecule has 0 bridgehead atoms. The number of carbonyl (C=O) groups excluding carboxylic acids is 1. The molecule has 0 aliphatic carbocycles. The molecule has 0 aliphatic heterocycles. The highest BCUT2D eigenvalue weighted by Gasteiger charge is 2.04. The molecular formula is C13H14O2. The Morgan fingerprint density at radius 3 is 2.87 bits per heavy atom. The van der Waals surface area contributed by atoms with Gasteiger partial charge in [0.05, 0.1) is 0 Å². The van der Waals surface area contributed by atoms with E-state index in [1.807, 2.05) is 18.2 Å². The molecule has 0 spiro atoms. The number of aryl methyl sites for hydroxylation is 2. The molecule has 0 radical (unpaired) electrons. The minimum atomic E-state index is 0.201. The minimum absolute atomic E-state index is 0.201.